The summed E-state index contributed by atoms with van der Waals surface area (Å²) in [4.78, 5) is 29.2. The highest BCUT2D eigenvalue weighted by molar-refractivity contribution is 7.18. The van der Waals surface area contributed by atoms with E-state index in [1.54, 1.807) is 30.4 Å². The van der Waals surface area contributed by atoms with Gasteiger partial charge in [0.15, 0.2) is 0 Å². The first-order chi connectivity index (χ1) is 12.4. The molecule has 0 aliphatic rings. The van der Waals surface area contributed by atoms with Crippen LogP contribution < -0.4 is 5.32 Å². The molecule has 8 heteroatoms. The summed E-state index contributed by atoms with van der Waals surface area (Å²) in [6.45, 7) is 2.38. The maximum Gasteiger partial charge on any atom is 0.274 e. The zero-order chi connectivity index (χ0) is 18.7. The zero-order valence-electron chi connectivity index (χ0n) is 14.4. The average Bonchev–Trinajstić information content (AvgIpc) is 2.98. The van der Waals surface area contributed by atoms with Crippen molar-refractivity contribution < 1.29 is 9.72 Å². The van der Waals surface area contributed by atoms with Crippen LogP contribution in [0.2, 0.25) is 0 Å². The molecule has 0 spiro atoms. The largest absolute Gasteiger partial charge is 0.325 e. The summed E-state index contributed by atoms with van der Waals surface area (Å²) in [5, 5.41) is 14.6. The summed E-state index contributed by atoms with van der Waals surface area (Å²) in [6, 6.07) is 12.6. The van der Waals surface area contributed by atoms with Gasteiger partial charge in [-0.1, -0.05) is 18.2 Å². The molecule has 3 rings (SSSR count). The molecule has 0 unspecified atom stereocenters. The lowest BCUT2D eigenvalue weighted by atomic mass is 10.2. The molecule has 7 nitrogen and oxygen atoms in total. The van der Waals surface area contributed by atoms with E-state index in [4.69, 9.17) is 0 Å². The summed E-state index contributed by atoms with van der Waals surface area (Å²) < 4.78 is 1.12. The Morgan fingerprint density at radius 2 is 2.08 bits per heavy atom. The van der Waals surface area contributed by atoms with E-state index in [-0.39, 0.29) is 18.1 Å². The Labute approximate surface area is 154 Å². The third-order valence-electron chi connectivity index (χ3n) is 3.85. The van der Waals surface area contributed by atoms with Crippen molar-refractivity contribution in [2.45, 2.75) is 13.5 Å². The average molecular weight is 370 g/mol. The van der Waals surface area contributed by atoms with Crippen LogP contribution in [0.15, 0.2) is 42.5 Å². The van der Waals surface area contributed by atoms with Crippen LogP contribution in [0.3, 0.4) is 0 Å². The standard InChI is InChI=1S/C18H18N4O3S/c1-12-7-8-13(9-15(12)22(24)25)19-17(23)10-21(2)11-18-20-14-5-3-4-6-16(14)26-18/h3-9H,10-11H2,1-2H3,(H,19,23). The zero-order valence-corrected chi connectivity index (χ0v) is 15.2. The first kappa shape index (κ1) is 18.0. The Bertz CT molecular complexity index is 937. The van der Waals surface area contributed by atoms with Crippen LogP contribution in [-0.2, 0) is 11.3 Å². The molecule has 0 saturated heterocycles. The van der Waals surface area contributed by atoms with Crippen LogP contribution in [0.5, 0.6) is 0 Å². The smallest absolute Gasteiger partial charge is 0.274 e. The maximum atomic E-state index is 12.2. The Balaban J connectivity index is 1.60. The Morgan fingerprint density at radius 3 is 2.81 bits per heavy atom. The van der Waals surface area contributed by atoms with Crippen molar-refractivity contribution in [3.05, 3.63) is 63.1 Å². The van der Waals surface area contributed by atoms with E-state index in [1.165, 1.54) is 6.07 Å². The highest BCUT2D eigenvalue weighted by atomic mass is 32.1. The number of hydrogen-bond acceptors (Lipinski definition) is 6. The molecule has 0 atom stereocenters. The number of aromatic nitrogens is 1. The second-order valence-electron chi connectivity index (χ2n) is 6.05. The van der Waals surface area contributed by atoms with Crippen molar-refractivity contribution in [2.75, 3.05) is 18.9 Å². The molecule has 134 valence electrons. The van der Waals surface area contributed by atoms with E-state index in [2.05, 4.69) is 10.3 Å². The van der Waals surface area contributed by atoms with Gasteiger partial charge in [0.05, 0.1) is 28.2 Å². The van der Waals surface area contributed by atoms with Gasteiger partial charge in [-0.15, -0.1) is 11.3 Å². The first-order valence-electron chi connectivity index (χ1n) is 8.00. The first-order valence-corrected chi connectivity index (χ1v) is 8.82. The highest BCUT2D eigenvalue weighted by Gasteiger charge is 2.14. The van der Waals surface area contributed by atoms with E-state index in [1.807, 2.05) is 36.2 Å². The molecule has 0 bridgehead atoms. The van der Waals surface area contributed by atoms with E-state index < -0.39 is 4.92 Å². The predicted molar refractivity (Wildman–Crippen MR) is 102 cm³/mol. The number of para-hydroxylation sites is 1. The molecule has 0 aliphatic heterocycles. The molecule has 0 saturated carbocycles. The van der Waals surface area contributed by atoms with Crippen molar-refractivity contribution in [1.82, 2.24) is 9.88 Å². The minimum absolute atomic E-state index is 0.00868. The number of fused-ring (bicyclic) bond motifs is 1. The second kappa shape index (κ2) is 7.59. The number of amides is 1. The molecule has 0 aliphatic carbocycles. The normalized spacial score (nSPS) is 11.0. The SMILES string of the molecule is Cc1ccc(NC(=O)CN(C)Cc2nc3ccccc3s2)cc1[N+](=O)[O-]. The fourth-order valence-corrected chi connectivity index (χ4v) is 3.65. The quantitative estimate of drug-likeness (QED) is 0.529. The van der Waals surface area contributed by atoms with Crippen molar-refractivity contribution in [2.24, 2.45) is 0 Å². The summed E-state index contributed by atoms with van der Waals surface area (Å²) in [7, 11) is 1.84. The van der Waals surface area contributed by atoms with E-state index in [0.717, 1.165) is 15.2 Å². The molecule has 0 radical (unpaired) electrons. The highest BCUT2D eigenvalue weighted by Crippen LogP contribution is 2.23. The molecular formula is C18H18N4O3S. The summed E-state index contributed by atoms with van der Waals surface area (Å²) in [5.41, 5.74) is 1.92. The lowest BCUT2D eigenvalue weighted by Gasteiger charge is -2.14. The van der Waals surface area contributed by atoms with Crippen molar-refractivity contribution in [1.29, 1.82) is 0 Å². The van der Waals surface area contributed by atoms with Gasteiger partial charge in [-0.2, -0.15) is 0 Å². The Kier molecular flexibility index (Phi) is 5.24. The number of hydrogen-bond donors (Lipinski definition) is 1. The molecule has 2 aromatic carbocycles. The van der Waals surface area contributed by atoms with Crippen LogP contribution >= 0.6 is 11.3 Å². The van der Waals surface area contributed by atoms with Crippen LogP contribution in [0.1, 0.15) is 10.6 Å². The van der Waals surface area contributed by atoms with Gasteiger partial charge in [0.1, 0.15) is 5.01 Å². The van der Waals surface area contributed by atoms with Crippen LogP contribution in [-0.4, -0.2) is 34.3 Å². The number of carbonyl (C=O) groups excluding carboxylic acids is 1. The van der Waals surface area contributed by atoms with E-state index >= 15 is 0 Å². The molecule has 1 N–H and O–H groups in total. The number of nitro groups is 1. The molecule has 1 heterocycles. The van der Waals surface area contributed by atoms with E-state index in [0.29, 0.717) is 17.8 Å². The number of nitro benzene ring substituents is 1. The maximum absolute atomic E-state index is 12.2. The number of benzene rings is 2. The van der Waals surface area contributed by atoms with Crippen LogP contribution in [0.4, 0.5) is 11.4 Å². The monoisotopic (exact) mass is 370 g/mol. The lowest BCUT2D eigenvalue weighted by molar-refractivity contribution is -0.385. The molecule has 1 aromatic heterocycles. The second-order valence-corrected chi connectivity index (χ2v) is 7.17. The van der Waals surface area contributed by atoms with Gasteiger partial charge in [-0.3, -0.25) is 19.8 Å². The summed E-state index contributed by atoms with van der Waals surface area (Å²) in [6.07, 6.45) is 0. The van der Waals surface area contributed by atoms with Gasteiger partial charge in [0.25, 0.3) is 5.69 Å². The Morgan fingerprint density at radius 1 is 1.31 bits per heavy atom. The molecule has 26 heavy (non-hydrogen) atoms. The number of thiazole rings is 1. The van der Waals surface area contributed by atoms with Gasteiger partial charge >= 0.3 is 0 Å². The van der Waals surface area contributed by atoms with E-state index in [9.17, 15) is 14.9 Å². The number of nitrogens with zero attached hydrogens (tertiary/aromatic N) is 3. The van der Waals surface area contributed by atoms with Crippen molar-refractivity contribution in [3.8, 4) is 0 Å². The minimum atomic E-state index is -0.454. The van der Waals surface area contributed by atoms with Gasteiger partial charge in [-0.25, -0.2) is 4.98 Å². The third kappa shape index (κ3) is 4.22. The van der Waals surface area contributed by atoms with Gasteiger partial charge in [0, 0.05) is 17.3 Å². The minimum Gasteiger partial charge on any atom is -0.325 e. The van der Waals surface area contributed by atoms with Crippen molar-refractivity contribution in [3.63, 3.8) is 0 Å². The molecule has 1 amide bonds. The molecule has 0 fully saturated rings. The lowest BCUT2D eigenvalue weighted by Crippen LogP contribution is -2.29. The van der Waals surface area contributed by atoms with Gasteiger partial charge in [-0.05, 0) is 32.2 Å². The molecule has 3 aromatic rings. The number of carbonyl (C=O) groups is 1. The summed E-state index contributed by atoms with van der Waals surface area (Å²) in [5.74, 6) is -0.230. The predicted octanol–water partition coefficient (Wildman–Crippen LogP) is 3.58. The fraction of sp³-hybridized carbons (Fsp3) is 0.222. The number of likely N-dealkylation sites (N-methyl/N-ethyl adjacent to an activating group) is 1. The third-order valence-corrected chi connectivity index (χ3v) is 4.87. The fourth-order valence-electron chi connectivity index (χ4n) is 2.60. The van der Waals surface area contributed by atoms with Gasteiger partial charge in [0.2, 0.25) is 5.91 Å². The van der Waals surface area contributed by atoms with Crippen molar-refractivity contribution >= 4 is 38.8 Å². The Hall–Kier alpha value is -2.84. The number of aryl methyl sites for hydroxylation is 1. The van der Waals surface area contributed by atoms with Crippen LogP contribution in [0.25, 0.3) is 10.2 Å². The number of nitrogens with one attached hydrogen (secondary N) is 1. The molecular weight excluding hydrogens is 352 g/mol. The van der Waals surface area contributed by atoms with Gasteiger partial charge < -0.3 is 5.32 Å². The van der Waals surface area contributed by atoms with Crippen LogP contribution in [0, 0.1) is 17.0 Å². The number of anilines is 1. The topological polar surface area (TPSA) is 88.4 Å². The summed E-state index contributed by atoms with van der Waals surface area (Å²) >= 11 is 1.60. The number of rotatable bonds is 6.